The Balaban J connectivity index is 1.72. The highest BCUT2D eigenvalue weighted by Crippen LogP contribution is 2.38. The van der Waals surface area contributed by atoms with Crippen molar-refractivity contribution in [2.45, 2.75) is 19.4 Å². The number of hydrogen-bond donors (Lipinski definition) is 2. The Hall–Kier alpha value is -3.44. The van der Waals surface area contributed by atoms with Gasteiger partial charge in [0.25, 0.3) is 5.91 Å². The number of nitrogens with zero attached hydrogens (tertiary/aromatic N) is 1. The SMILES string of the molecule is CCc1cc(C(Nc2ccccn2)c2ccccc2)c(NC(=O)c2ccccc2)s1. The van der Waals surface area contributed by atoms with E-state index in [0.29, 0.717) is 5.56 Å². The first-order chi connectivity index (χ1) is 14.7. The first-order valence-electron chi connectivity index (χ1n) is 9.96. The van der Waals surface area contributed by atoms with Gasteiger partial charge in [0.05, 0.1) is 6.04 Å². The third kappa shape index (κ3) is 4.58. The first kappa shape index (κ1) is 19.9. The van der Waals surface area contributed by atoms with Gasteiger partial charge in [-0.2, -0.15) is 0 Å². The lowest BCUT2D eigenvalue weighted by Gasteiger charge is -2.21. The second-order valence-corrected chi connectivity index (χ2v) is 8.01. The van der Waals surface area contributed by atoms with Crippen LogP contribution in [0.25, 0.3) is 0 Å². The van der Waals surface area contributed by atoms with Crippen molar-refractivity contribution in [3.63, 3.8) is 0 Å². The molecule has 2 aromatic carbocycles. The zero-order chi connectivity index (χ0) is 20.8. The van der Waals surface area contributed by atoms with Crippen LogP contribution in [0.5, 0.6) is 0 Å². The molecule has 0 fully saturated rings. The molecule has 4 aromatic rings. The van der Waals surface area contributed by atoms with Crippen LogP contribution in [0.2, 0.25) is 0 Å². The molecule has 2 aromatic heterocycles. The van der Waals surface area contributed by atoms with Crippen molar-refractivity contribution in [2.24, 2.45) is 0 Å². The Bertz CT molecular complexity index is 1100. The fourth-order valence-electron chi connectivity index (χ4n) is 3.29. The van der Waals surface area contributed by atoms with E-state index in [2.05, 4.69) is 40.7 Å². The van der Waals surface area contributed by atoms with E-state index in [1.165, 1.54) is 4.88 Å². The van der Waals surface area contributed by atoms with Crippen molar-refractivity contribution in [1.82, 2.24) is 4.98 Å². The van der Waals surface area contributed by atoms with Gasteiger partial charge in [-0.3, -0.25) is 4.79 Å². The summed E-state index contributed by atoms with van der Waals surface area (Å²) in [6.07, 6.45) is 2.68. The zero-order valence-corrected chi connectivity index (χ0v) is 17.5. The van der Waals surface area contributed by atoms with Crippen molar-refractivity contribution in [1.29, 1.82) is 0 Å². The van der Waals surface area contributed by atoms with E-state index in [9.17, 15) is 4.79 Å². The van der Waals surface area contributed by atoms with Crippen LogP contribution in [-0.4, -0.2) is 10.9 Å². The Kier molecular flexibility index (Phi) is 6.20. The molecular weight excluding hydrogens is 390 g/mol. The maximum atomic E-state index is 12.8. The standard InChI is InChI=1S/C25H23N3OS/c1-2-20-17-21(25(30-20)28-24(29)19-13-7-4-8-14-19)23(18-11-5-3-6-12-18)27-22-15-9-10-16-26-22/h3-17,23H,2H2,1H3,(H,26,27)(H,28,29). The Morgan fingerprint density at radius 2 is 1.67 bits per heavy atom. The molecule has 2 heterocycles. The number of hydrogen-bond acceptors (Lipinski definition) is 4. The molecule has 0 saturated carbocycles. The van der Waals surface area contributed by atoms with Gasteiger partial charge in [-0.1, -0.05) is 61.5 Å². The average Bonchev–Trinajstić information content (AvgIpc) is 3.22. The summed E-state index contributed by atoms with van der Waals surface area (Å²) in [6, 6.07) is 27.4. The summed E-state index contributed by atoms with van der Waals surface area (Å²) >= 11 is 1.62. The van der Waals surface area contributed by atoms with Gasteiger partial charge in [-0.25, -0.2) is 4.98 Å². The third-order valence-corrected chi connectivity index (χ3v) is 6.03. The predicted molar refractivity (Wildman–Crippen MR) is 124 cm³/mol. The van der Waals surface area contributed by atoms with Gasteiger partial charge in [-0.15, -0.1) is 11.3 Å². The highest BCUT2D eigenvalue weighted by atomic mass is 32.1. The number of nitrogens with one attached hydrogen (secondary N) is 2. The van der Waals surface area contributed by atoms with Gasteiger partial charge >= 0.3 is 0 Å². The molecule has 0 spiro atoms. The fraction of sp³-hybridized carbons (Fsp3) is 0.120. The summed E-state index contributed by atoms with van der Waals surface area (Å²) in [4.78, 5) is 18.5. The number of pyridine rings is 1. The van der Waals surface area contributed by atoms with Crippen molar-refractivity contribution in [3.05, 3.63) is 113 Å². The molecule has 0 aliphatic carbocycles. The predicted octanol–water partition coefficient (Wildman–Crippen LogP) is 6.16. The van der Waals surface area contributed by atoms with Gasteiger partial charge < -0.3 is 10.6 Å². The number of benzene rings is 2. The molecule has 150 valence electrons. The van der Waals surface area contributed by atoms with Crippen LogP contribution >= 0.6 is 11.3 Å². The van der Waals surface area contributed by atoms with Crippen LogP contribution in [0.3, 0.4) is 0 Å². The Labute approximate surface area is 180 Å². The second kappa shape index (κ2) is 9.37. The molecule has 0 bridgehead atoms. The molecule has 1 unspecified atom stereocenters. The molecule has 4 nitrogen and oxygen atoms in total. The Morgan fingerprint density at radius 1 is 0.967 bits per heavy atom. The summed E-state index contributed by atoms with van der Waals surface area (Å²) in [5.74, 6) is 0.682. The molecule has 2 N–H and O–H groups in total. The van der Waals surface area contributed by atoms with E-state index in [4.69, 9.17) is 0 Å². The minimum atomic E-state index is -0.135. The quantitative estimate of drug-likeness (QED) is 0.381. The second-order valence-electron chi connectivity index (χ2n) is 6.87. The molecule has 4 rings (SSSR count). The van der Waals surface area contributed by atoms with Crippen molar-refractivity contribution in [3.8, 4) is 0 Å². The van der Waals surface area contributed by atoms with E-state index in [0.717, 1.165) is 28.4 Å². The molecular formula is C25H23N3OS. The number of anilines is 2. The molecule has 1 atom stereocenters. The number of carbonyl (C=O) groups is 1. The Morgan fingerprint density at radius 3 is 2.33 bits per heavy atom. The highest BCUT2D eigenvalue weighted by molar-refractivity contribution is 7.16. The largest absolute Gasteiger partial charge is 0.359 e. The lowest BCUT2D eigenvalue weighted by Crippen LogP contribution is -2.17. The van der Waals surface area contributed by atoms with E-state index < -0.39 is 0 Å². The topological polar surface area (TPSA) is 54.0 Å². The van der Waals surface area contributed by atoms with Crippen molar-refractivity contribution in [2.75, 3.05) is 10.6 Å². The molecule has 0 aliphatic rings. The summed E-state index contributed by atoms with van der Waals surface area (Å²) < 4.78 is 0. The lowest BCUT2D eigenvalue weighted by atomic mass is 9.99. The monoisotopic (exact) mass is 413 g/mol. The van der Waals surface area contributed by atoms with E-state index in [-0.39, 0.29) is 11.9 Å². The highest BCUT2D eigenvalue weighted by Gasteiger charge is 2.22. The van der Waals surface area contributed by atoms with Gasteiger partial charge in [0, 0.05) is 22.2 Å². The van der Waals surface area contributed by atoms with Crippen molar-refractivity contribution >= 4 is 28.1 Å². The number of thiophene rings is 1. The molecule has 0 radical (unpaired) electrons. The molecule has 0 saturated heterocycles. The first-order valence-corrected chi connectivity index (χ1v) is 10.8. The maximum absolute atomic E-state index is 12.8. The van der Waals surface area contributed by atoms with E-state index in [1.54, 1.807) is 17.5 Å². The number of aryl methyl sites for hydroxylation is 1. The molecule has 30 heavy (non-hydrogen) atoms. The van der Waals surface area contributed by atoms with Gasteiger partial charge in [0.15, 0.2) is 0 Å². The number of aromatic nitrogens is 1. The van der Waals surface area contributed by atoms with Gasteiger partial charge in [0.1, 0.15) is 10.8 Å². The van der Waals surface area contributed by atoms with Crippen LogP contribution in [0.1, 0.15) is 39.3 Å². The third-order valence-electron chi connectivity index (χ3n) is 4.82. The smallest absolute Gasteiger partial charge is 0.256 e. The van der Waals surface area contributed by atoms with Gasteiger partial charge in [-0.05, 0) is 42.3 Å². The molecule has 0 aliphatic heterocycles. The average molecular weight is 414 g/mol. The van der Waals surface area contributed by atoms with E-state index >= 15 is 0 Å². The van der Waals surface area contributed by atoms with Crippen LogP contribution in [-0.2, 0) is 6.42 Å². The van der Waals surface area contributed by atoms with Crippen LogP contribution < -0.4 is 10.6 Å². The van der Waals surface area contributed by atoms with Gasteiger partial charge in [0.2, 0.25) is 0 Å². The van der Waals surface area contributed by atoms with E-state index in [1.807, 2.05) is 66.7 Å². The summed E-state index contributed by atoms with van der Waals surface area (Å²) in [5, 5.41) is 7.54. The maximum Gasteiger partial charge on any atom is 0.256 e. The summed E-state index contributed by atoms with van der Waals surface area (Å²) in [5.41, 5.74) is 2.79. The normalized spacial score (nSPS) is 11.6. The molecule has 5 heteroatoms. The lowest BCUT2D eigenvalue weighted by molar-refractivity contribution is 0.102. The summed E-state index contributed by atoms with van der Waals surface area (Å²) in [6.45, 7) is 2.13. The van der Waals surface area contributed by atoms with Crippen LogP contribution in [0, 0.1) is 0 Å². The number of rotatable bonds is 7. The minimum Gasteiger partial charge on any atom is -0.359 e. The number of carbonyl (C=O) groups excluding carboxylic acids is 1. The minimum absolute atomic E-state index is 0.106. The van der Waals surface area contributed by atoms with Crippen LogP contribution in [0.15, 0.2) is 91.1 Å². The van der Waals surface area contributed by atoms with Crippen molar-refractivity contribution < 1.29 is 4.79 Å². The zero-order valence-electron chi connectivity index (χ0n) is 16.7. The fourth-order valence-corrected chi connectivity index (χ4v) is 4.32. The molecule has 1 amide bonds. The number of amides is 1. The summed E-state index contributed by atoms with van der Waals surface area (Å²) in [7, 11) is 0. The van der Waals surface area contributed by atoms with Crippen LogP contribution in [0.4, 0.5) is 10.8 Å².